The predicted octanol–water partition coefficient (Wildman–Crippen LogP) is 2.66. The highest BCUT2D eigenvalue weighted by atomic mass is 35.5. The number of rotatable bonds is 2. The quantitative estimate of drug-likeness (QED) is 0.907. The van der Waals surface area contributed by atoms with Gasteiger partial charge < -0.3 is 5.32 Å². The van der Waals surface area contributed by atoms with E-state index in [2.05, 4.69) is 36.4 Å². The molecular weight excluding hydrogens is 266 g/mol. The van der Waals surface area contributed by atoms with Crippen molar-refractivity contribution in [3.8, 4) is 0 Å². The summed E-state index contributed by atoms with van der Waals surface area (Å²) in [6.45, 7) is 12.3. The van der Waals surface area contributed by atoms with E-state index in [1.165, 1.54) is 23.7 Å². The summed E-state index contributed by atoms with van der Waals surface area (Å²) in [5, 5.41) is 6.90. The minimum absolute atomic E-state index is 0. The van der Waals surface area contributed by atoms with Crippen molar-refractivity contribution in [3.05, 3.63) is 16.1 Å². The largest absolute Gasteiger partial charge is 0.315 e. The van der Waals surface area contributed by atoms with Gasteiger partial charge in [-0.3, -0.25) is 4.90 Å². The SMILES string of the molecule is CC(C)(C)c1nc(CN2CCCNCC2)cs1.Cl. The third-order valence-corrected chi connectivity index (χ3v) is 4.33. The van der Waals surface area contributed by atoms with E-state index in [-0.39, 0.29) is 17.8 Å². The summed E-state index contributed by atoms with van der Waals surface area (Å²) in [6, 6.07) is 0. The van der Waals surface area contributed by atoms with E-state index in [4.69, 9.17) is 4.98 Å². The molecule has 0 aliphatic carbocycles. The second-order valence-corrected chi connectivity index (χ2v) is 6.63. The lowest BCUT2D eigenvalue weighted by Gasteiger charge is -2.18. The average Bonchev–Trinajstić information content (AvgIpc) is 2.56. The van der Waals surface area contributed by atoms with Crippen LogP contribution in [0.1, 0.15) is 37.9 Å². The Morgan fingerprint density at radius 1 is 1.33 bits per heavy atom. The summed E-state index contributed by atoms with van der Waals surface area (Å²) in [5.41, 5.74) is 1.42. The third kappa shape index (κ3) is 4.50. The van der Waals surface area contributed by atoms with Crippen molar-refractivity contribution in [1.29, 1.82) is 0 Å². The van der Waals surface area contributed by atoms with E-state index in [1.54, 1.807) is 11.3 Å². The van der Waals surface area contributed by atoms with Crippen molar-refractivity contribution in [2.45, 2.75) is 39.2 Å². The van der Waals surface area contributed by atoms with Gasteiger partial charge in [-0.15, -0.1) is 23.7 Å². The van der Waals surface area contributed by atoms with Crippen LogP contribution in [0.25, 0.3) is 0 Å². The molecule has 1 saturated heterocycles. The van der Waals surface area contributed by atoms with Crippen LogP contribution in [0.5, 0.6) is 0 Å². The van der Waals surface area contributed by atoms with Crippen LogP contribution in [0.4, 0.5) is 0 Å². The van der Waals surface area contributed by atoms with Gasteiger partial charge in [-0.25, -0.2) is 4.98 Å². The minimum atomic E-state index is 0. The van der Waals surface area contributed by atoms with E-state index >= 15 is 0 Å². The second kappa shape index (κ2) is 6.85. The van der Waals surface area contributed by atoms with Gasteiger partial charge in [-0.2, -0.15) is 0 Å². The predicted molar refractivity (Wildman–Crippen MR) is 80.8 cm³/mol. The van der Waals surface area contributed by atoms with Crippen molar-refractivity contribution >= 4 is 23.7 Å². The molecule has 0 spiro atoms. The average molecular weight is 290 g/mol. The first-order valence-corrected chi connectivity index (χ1v) is 7.31. The Morgan fingerprint density at radius 2 is 2.11 bits per heavy atom. The van der Waals surface area contributed by atoms with Crippen molar-refractivity contribution in [2.75, 3.05) is 26.2 Å². The molecule has 3 nitrogen and oxygen atoms in total. The number of hydrogen-bond acceptors (Lipinski definition) is 4. The molecule has 0 unspecified atom stereocenters. The van der Waals surface area contributed by atoms with Crippen LogP contribution in [-0.2, 0) is 12.0 Å². The zero-order valence-electron chi connectivity index (χ0n) is 11.5. The van der Waals surface area contributed by atoms with Crippen LogP contribution in [0, 0.1) is 0 Å². The highest BCUT2D eigenvalue weighted by molar-refractivity contribution is 7.09. The van der Waals surface area contributed by atoms with Crippen LogP contribution in [-0.4, -0.2) is 36.1 Å². The maximum Gasteiger partial charge on any atom is 0.0982 e. The Balaban J connectivity index is 0.00000162. The molecular formula is C13H24ClN3S. The van der Waals surface area contributed by atoms with E-state index in [1.807, 2.05) is 0 Å². The van der Waals surface area contributed by atoms with Crippen LogP contribution in [0.15, 0.2) is 5.38 Å². The fourth-order valence-corrected chi connectivity index (χ4v) is 2.91. The smallest absolute Gasteiger partial charge is 0.0982 e. The summed E-state index contributed by atoms with van der Waals surface area (Å²) in [7, 11) is 0. The maximum atomic E-state index is 4.76. The molecule has 1 aromatic heterocycles. The lowest BCUT2D eigenvalue weighted by Crippen LogP contribution is -2.27. The normalized spacial score (nSPS) is 18.2. The highest BCUT2D eigenvalue weighted by Crippen LogP contribution is 2.25. The Hall–Kier alpha value is -0.160. The maximum absolute atomic E-state index is 4.76. The molecule has 0 radical (unpaired) electrons. The van der Waals surface area contributed by atoms with Crippen LogP contribution in [0.3, 0.4) is 0 Å². The molecule has 0 bridgehead atoms. The van der Waals surface area contributed by atoms with Crippen molar-refractivity contribution < 1.29 is 0 Å². The van der Waals surface area contributed by atoms with Crippen molar-refractivity contribution in [3.63, 3.8) is 0 Å². The molecule has 18 heavy (non-hydrogen) atoms. The van der Waals surface area contributed by atoms with Crippen LogP contribution in [0.2, 0.25) is 0 Å². The summed E-state index contributed by atoms with van der Waals surface area (Å²) in [4.78, 5) is 7.26. The van der Waals surface area contributed by atoms with Gasteiger partial charge >= 0.3 is 0 Å². The fraction of sp³-hybridized carbons (Fsp3) is 0.769. The zero-order chi connectivity index (χ0) is 12.3. The molecule has 5 heteroatoms. The van der Waals surface area contributed by atoms with E-state index < -0.39 is 0 Å². The van der Waals surface area contributed by atoms with Gasteiger partial charge in [0.15, 0.2) is 0 Å². The fourth-order valence-electron chi connectivity index (χ4n) is 2.01. The van der Waals surface area contributed by atoms with Crippen molar-refractivity contribution in [1.82, 2.24) is 15.2 Å². The molecule has 0 saturated carbocycles. The van der Waals surface area contributed by atoms with Crippen LogP contribution >= 0.6 is 23.7 Å². The van der Waals surface area contributed by atoms with Crippen LogP contribution < -0.4 is 5.32 Å². The molecule has 104 valence electrons. The standard InChI is InChI=1S/C13H23N3S.ClH/c1-13(2,3)12-15-11(10-17-12)9-16-7-4-5-14-6-8-16;/h10,14H,4-9H2,1-3H3;1H. The van der Waals surface area contributed by atoms with Gasteiger partial charge in [-0.1, -0.05) is 20.8 Å². The van der Waals surface area contributed by atoms with Crippen molar-refractivity contribution in [2.24, 2.45) is 0 Å². The number of aromatic nitrogens is 1. The second-order valence-electron chi connectivity index (χ2n) is 5.77. The molecule has 1 fully saturated rings. The first-order chi connectivity index (χ1) is 8.05. The third-order valence-electron chi connectivity index (χ3n) is 3.01. The lowest BCUT2D eigenvalue weighted by atomic mass is 9.98. The summed E-state index contributed by atoms with van der Waals surface area (Å²) in [5.74, 6) is 0. The molecule has 1 aromatic rings. The molecule has 1 aliphatic heterocycles. The number of thiazole rings is 1. The van der Waals surface area contributed by atoms with E-state index in [0.717, 1.165) is 26.2 Å². The zero-order valence-corrected chi connectivity index (χ0v) is 13.2. The Labute approximate surface area is 120 Å². The van der Waals surface area contributed by atoms with E-state index in [9.17, 15) is 0 Å². The molecule has 2 heterocycles. The molecule has 1 N–H and O–H groups in total. The lowest BCUT2D eigenvalue weighted by molar-refractivity contribution is 0.281. The molecule has 0 aromatic carbocycles. The van der Waals surface area contributed by atoms with Gasteiger partial charge in [0.2, 0.25) is 0 Å². The molecule has 1 aliphatic rings. The first-order valence-electron chi connectivity index (χ1n) is 6.44. The van der Waals surface area contributed by atoms with Gasteiger partial charge in [0.25, 0.3) is 0 Å². The van der Waals surface area contributed by atoms with E-state index in [0.29, 0.717) is 0 Å². The molecule has 2 rings (SSSR count). The first kappa shape index (κ1) is 15.9. The Kier molecular flexibility index (Phi) is 6.05. The minimum Gasteiger partial charge on any atom is -0.315 e. The Morgan fingerprint density at radius 3 is 2.78 bits per heavy atom. The number of nitrogens with zero attached hydrogens (tertiary/aromatic N) is 2. The van der Waals surface area contributed by atoms with Gasteiger partial charge in [0.05, 0.1) is 10.7 Å². The summed E-state index contributed by atoms with van der Waals surface area (Å²) < 4.78 is 0. The molecule has 0 atom stereocenters. The number of halogens is 1. The van der Waals surface area contributed by atoms with Gasteiger partial charge in [0.1, 0.15) is 0 Å². The van der Waals surface area contributed by atoms with Gasteiger partial charge in [-0.05, 0) is 19.5 Å². The topological polar surface area (TPSA) is 28.2 Å². The number of hydrogen-bond donors (Lipinski definition) is 1. The Bertz CT molecular complexity index is 351. The summed E-state index contributed by atoms with van der Waals surface area (Å²) in [6.07, 6.45) is 1.25. The molecule has 0 amide bonds. The highest BCUT2D eigenvalue weighted by Gasteiger charge is 2.19. The number of nitrogens with one attached hydrogen (secondary N) is 1. The monoisotopic (exact) mass is 289 g/mol. The summed E-state index contributed by atoms with van der Waals surface area (Å²) >= 11 is 1.80. The van der Waals surface area contributed by atoms with Gasteiger partial charge in [0, 0.05) is 30.4 Å².